The standard InChI is InChI=1S/C19H25FN2O3/c1-25-16-6-4-5-15(13-16)14-17(23)21-11-7-19(20,8-12-21)18(24)22-9-2-3-10-22/h4-6,13H,2-3,7-12,14H2,1H3. The zero-order valence-corrected chi connectivity index (χ0v) is 14.7. The van der Waals surface area contributed by atoms with E-state index >= 15 is 4.39 Å². The van der Waals surface area contributed by atoms with E-state index in [-0.39, 0.29) is 31.1 Å². The van der Waals surface area contributed by atoms with Gasteiger partial charge in [0.1, 0.15) is 5.75 Å². The third kappa shape index (κ3) is 3.94. The molecule has 2 saturated heterocycles. The highest BCUT2D eigenvalue weighted by Crippen LogP contribution is 2.30. The average molecular weight is 348 g/mol. The smallest absolute Gasteiger partial charge is 0.260 e. The molecule has 1 aromatic rings. The first kappa shape index (κ1) is 17.7. The summed E-state index contributed by atoms with van der Waals surface area (Å²) in [5.74, 6) is 0.289. The van der Waals surface area contributed by atoms with Crippen LogP contribution in [0.4, 0.5) is 4.39 Å². The summed E-state index contributed by atoms with van der Waals surface area (Å²) in [5, 5.41) is 0. The number of carbonyl (C=O) groups is 2. The molecule has 25 heavy (non-hydrogen) atoms. The number of hydrogen-bond donors (Lipinski definition) is 0. The number of ether oxygens (including phenoxy) is 1. The van der Waals surface area contributed by atoms with Crippen molar-refractivity contribution in [3.05, 3.63) is 29.8 Å². The Kier molecular flexibility index (Phi) is 5.25. The van der Waals surface area contributed by atoms with Crippen LogP contribution < -0.4 is 4.74 Å². The number of rotatable bonds is 4. The number of halogens is 1. The monoisotopic (exact) mass is 348 g/mol. The van der Waals surface area contributed by atoms with Gasteiger partial charge in [-0.15, -0.1) is 0 Å². The first-order valence-electron chi connectivity index (χ1n) is 8.91. The maximum Gasteiger partial charge on any atom is 0.260 e. The molecule has 0 saturated carbocycles. The summed E-state index contributed by atoms with van der Waals surface area (Å²) < 4.78 is 20.2. The Hall–Kier alpha value is -2.11. The molecule has 2 amide bonds. The Bertz CT molecular complexity index is 635. The number of alkyl halides is 1. The molecule has 0 N–H and O–H groups in total. The fraction of sp³-hybridized carbons (Fsp3) is 0.579. The van der Waals surface area contributed by atoms with Crippen LogP contribution in [0.15, 0.2) is 24.3 Å². The highest BCUT2D eigenvalue weighted by Gasteiger charge is 2.45. The minimum absolute atomic E-state index is 0.0380. The molecule has 0 spiro atoms. The molecular formula is C19H25FN2O3. The van der Waals surface area contributed by atoms with Gasteiger partial charge in [-0.1, -0.05) is 12.1 Å². The van der Waals surface area contributed by atoms with E-state index in [2.05, 4.69) is 0 Å². The second-order valence-electron chi connectivity index (χ2n) is 6.87. The van der Waals surface area contributed by atoms with Crippen molar-refractivity contribution >= 4 is 11.8 Å². The maximum absolute atomic E-state index is 15.0. The molecular weight excluding hydrogens is 323 g/mol. The van der Waals surface area contributed by atoms with Gasteiger partial charge in [0.2, 0.25) is 5.91 Å². The van der Waals surface area contributed by atoms with Crippen LogP contribution in [0, 0.1) is 0 Å². The molecule has 5 nitrogen and oxygen atoms in total. The third-order valence-electron chi connectivity index (χ3n) is 5.17. The van der Waals surface area contributed by atoms with Crippen LogP contribution in [0.2, 0.25) is 0 Å². The Labute approximate surface area is 147 Å². The van der Waals surface area contributed by atoms with Crippen molar-refractivity contribution in [3.8, 4) is 5.75 Å². The number of methoxy groups -OCH3 is 1. The molecule has 2 aliphatic rings. The molecule has 6 heteroatoms. The number of likely N-dealkylation sites (tertiary alicyclic amines) is 2. The molecule has 2 heterocycles. The minimum atomic E-state index is -1.81. The van der Waals surface area contributed by atoms with E-state index in [1.54, 1.807) is 16.9 Å². The van der Waals surface area contributed by atoms with Gasteiger partial charge in [0.15, 0.2) is 5.67 Å². The molecule has 2 aliphatic heterocycles. The molecule has 0 aromatic heterocycles. The van der Waals surface area contributed by atoms with Gasteiger partial charge in [-0.25, -0.2) is 4.39 Å². The van der Waals surface area contributed by atoms with E-state index in [0.717, 1.165) is 18.4 Å². The van der Waals surface area contributed by atoms with Crippen LogP contribution in [0.1, 0.15) is 31.2 Å². The van der Waals surface area contributed by atoms with E-state index in [9.17, 15) is 9.59 Å². The Morgan fingerprint density at radius 3 is 2.44 bits per heavy atom. The Balaban J connectivity index is 1.55. The largest absolute Gasteiger partial charge is 0.497 e. The highest BCUT2D eigenvalue weighted by molar-refractivity contribution is 5.86. The zero-order valence-electron chi connectivity index (χ0n) is 14.7. The topological polar surface area (TPSA) is 49.9 Å². The van der Waals surface area contributed by atoms with E-state index in [4.69, 9.17) is 4.74 Å². The molecule has 0 aliphatic carbocycles. The first-order chi connectivity index (χ1) is 12.0. The van der Waals surface area contributed by atoms with Crippen molar-refractivity contribution in [1.29, 1.82) is 0 Å². The number of piperidine rings is 1. The van der Waals surface area contributed by atoms with Crippen LogP contribution in [0.25, 0.3) is 0 Å². The maximum atomic E-state index is 15.0. The SMILES string of the molecule is COc1cccc(CC(=O)N2CCC(F)(C(=O)N3CCCC3)CC2)c1. The van der Waals surface area contributed by atoms with Crippen molar-refractivity contribution in [3.63, 3.8) is 0 Å². The van der Waals surface area contributed by atoms with Gasteiger partial charge in [0, 0.05) is 39.0 Å². The lowest BCUT2D eigenvalue weighted by Crippen LogP contribution is -2.53. The van der Waals surface area contributed by atoms with Crippen molar-refractivity contribution in [2.45, 2.75) is 37.8 Å². The molecule has 0 unspecified atom stereocenters. The zero-order chi connectivity index (χ0) is 17.9. The third-order valence-corrected chi connectivity index (χ3v) is 5.17. The molecule has 136 valence electrons. The van der Waals surface area contributed by atoms with Crippen LogP contribution >= 0.6 is 0 Å². The molecule has 0 radical (unpaired) electrons. The van der Waals surface area contributed by atoms with Crippen LogP contribution in [-0.4, -0.2) is 60.6 Å². The van der Waals surface area contributed by atoms with Gasteiger partial charge in [0.05, 0.1) is 13.5 Å². The Morgan fingerprint density at radius 2 is 1.80 bits per heavy atom. The quantitative estimate of drug-likeness (QED) is 0.838. The summed E-state index contributed by atoms with van der Waals surface area (Å²) in [5.41, 5.74) is -0.938. The van der Waals surface area contributed by atoms with E-state index in [0.29, 0.717) is 31.9 Å². The second kappa shape index (κ2) is 7.42. The van der Waals surface area contributed by atoms with E-state index in [1.807, 2.05) is 24.3 Å². The molecule has 2 fully saturated rings. The van der Waals surface area contributed by atoms with Crippen molar-refractivity contribution in [2.75, 3.05) is 33.3 Å². The van der Waals surface area contributed by atoms with Crippen molar-refractivity contribution < 1.29 is 18.7 Å². The fourth-order valence-electron chi connectivity index (χ4n) is 3.60. The number of benzene rings is 1. The number of hydrogen-bond acceptors (Lipinski definition) is 3. The molecule has 1 aromatic carbocycles. The van der Waals surface area contributed by atoms with Gasteiger partial charge in [-0.05, 0) is 30.5 Å². The fourth-order valence-corrected chi connectivity index (χ4v) is 3.60. The number of carbonyl (C=O) groups excluding carboxylic acids is 2. The summed E-state index contributed by atoms with van der Waals surface area (Å²) in [7, 11) is 1.59. The predicted octanol–water partition coefficient (Wildman–Crippen LogP) is 2.19. The lowest BCUT2D eigenvalue weighted by molar-refractivity contribution is -0.149. The summed E-state index contributed by atoms with van der Waals surface area (Å²) >= 11 is 0. The summed E-state index contributed by atoms with van der Waals surface area (Å²) in [6.07, 6.45) is 2.34. The van der Waals surface area contributed by atoms with Gasteiger partial charge in [0.25, 0.3) is 5.91 Å². The summed E-state index contributed by atoms with van der Waals surface area (Å²) in [6, 6.07) is 7.38. The van der Waals surface area contributed by atoms with E-state index < -0.39 is 5.67 Å². The number of nitrogens with zero attached hydrogens (tertiary/aromatic N) is 2. The minimum Gasteiger partial charge on any atom is -0.497 e. The lowest BCUT2D eigenvalue weighted by Gasteiger charge is -2.37. The normalized spacial score (nSPS) is 19.8. The van der Waals surface area contributed by atoms with E-state index in [1.165, 1.54) is 0 Å². The van der Waals surface area contributed by atoms with Crippen LogP contribution in [-0.2, 0) is 16.0 Å². The van der Waals surface area contributed by atoms with Crippen molar-refractivity contribution in [1.82, 2.24) is 9.80 Å². The lowest BCUT2D eigenvalue weighted by atomic mass is 9.91. The second-order valence-corrected chi connectivity index (χ2v) is 6.87. The number of amides is 2. The van der Waals surface area contributed by atoms with Gasteiger partial charge in [-0.3, -0.25) is 9.59 Å². The van der Waals surface area contributed by atoms with Crippen molar-refractivity contribution in [2.24, 2.45) is 0 Å². The Morgan fingerprint density at radius 1 is 1.12 bits per heavy atom. The average Bonchev–Trinajstić information content (AvgIpc) is 3.16. The molecule has 0 bridgehead atoms. The van der Waals surface area contributed by atoms with Crippen LogP contribution in [0.3, 0.4) is 0 Å². The van der Waals surface area contributed by atoms with Gasteiger partial charge in [-0.2, -0.15) is 0 Å². The first-order valence-corrected chi connectivity index (χ1v) is 8.91. The molecule has 3 rings (SSSR count). The summed E-state index contributed by atoms with van der Waals surface area (Å²) in [6.45, 7) is 1.89. The van der Waals surface area contributed by atoms with Crippen LogP contribution in [0.5, 0.6) is 5.75 Å². The van der Waals surface area contributed by atoms with Gasteiger partial charge < -0.3 is 14.5 Å². The molecule has 0 atom stereocenters. The summed E-state index contributed by atoms with van der Waals surface area (Å²) in [4.78, 5) is 28.2. The van der Waals surface area contributed by atoms with Gasteiger partial charge >= 0.3 is 0 Å². The predicted molar refractivity (Wildman–Crippen MR) is 92.2 cm³/mol. The highest BCUT2D eigenvalue weighted by atomic mass is 19.1.